The van der Waals surface area contributed by atoms with Crippen molar-refractivity contribution in [2.75, 3.05) is 17.2 Å². The van der Waals surface area contributed by atoms with E-state index in [-0.39, 0.29) is 5.91 Å². The average molecular weight is 289 g/mol. The van der Waals surface area contributed by atoms with Crippen LogP contribution in [0.2, 0.25) is 0 Å². The van der Waals surface area contributed by atoms with Crippen molar-refractivity contribution in [3.05, 3.63) is 29.8 Å². The molecule has 0 radical (unpaired) electrons. The van der Waals surface area contributed by atoms with Crippen LogP contribution in [-0.4, -0.2) is 27.6 Å². The Morgan fingerprint density at radius 2 is 2.05 bits per heavy atom. The van der Waals surface area contributed by atoms with Gasteiger partial charge in [-0.2, -0.15) is 0 Å². The molecule has 112 valence electrons. The van der Waals surface area contributed by atoms with Gasteiger partial charge in [-0.05, 0) is 13.3 Å². The predicted octanol–water partition coefficient (Wildman–Crippen LogP) is 2.63. The molecule has 1 amide bonds. The molecule has 7 heteroatoms. The summed E-state index contributed by atoms with van der Waals surface area (Å²) in [6.07, 6.45) is 6.39. The van der Waals surface area contributed by atoms with Crippen LogP contribution in [0, 0.1) is 6.92 Å². The highest BCUT2D eigenvalue weighted by atomic mass is 16.5. The molecule has 0 aromatic carbocycles. The molecule has 0 unspecified atom stereocenters. The van der Waals surface area contributed by atoms with Gasteiger partial charge in [0.2, 0.25) is 5.95 Å². The van der Waals surface area contributed by atoms with E-state index in [0.717, 1.165) is 13.0 Å². The van der Waals surface area contributed by atoms with Crippen LogP contribution < -0.4 is 10.6 Å². The Morgan fingerprint density at radius 1 is 1.29 bits per heavy atom. The van der Waals surface area contributed by atoms with Crippen molar-refractivity contribution < 1.29 is 9.32 Å². The maximum Gasteiger partial charge on any atom is 0.260 e. The summed E-state index contributed by atoms with van der Waals surface area (Å²) in [5.41, 5.74) is 0.370. The van der Waals surface area contributed by atoms with Crippen LogP contribution in [0.25, 0.3) is 0 Å². The van der Waals surface area contributed by atoms with Crippen molar-refractivity contribution in [2.24, 2.45) is 0 Å². The lowest BCUT2D eigenvalue weighted by atomic mass is 10.2. The van der Waals surface area contributed by atoms with Crippen LogP contribution in [0.15, 0.2) is 23.0 Å². The third-order valence-corrected chi connectivity index (χ3v) is 2.85. The number of hydrogen-bond acceptors (Lipinski definition) is 6. The van der Waals surface area contributed by atoms with E-state index in [2.05, 4.69) is 32.7 Å². The number of aryl methyl sites for hydroxylation is 1. The van der Waals surface area contributed by atoms with Crippen molar-refractivity contribution in [3.63, 3.8) is 0 Å². The first-order valence-corrected chi connectivity index (χ1v) is 6.99. The van der Waals surface area contributed by atoms with Gasteiger partial charge in [-0.15, -0.1) is 0 Å². The van der Waals surface area contributed by atoms with Crippen LogP contribution in [0.5, 0.6) is 0 Å². The van der Waals surface area contributed by atoms with Gasteiger partial charge in [0.25, 0.3) is 5.91 Å². The second-order valence-electron chi connectivity index (χ2n) is 4.71. The van der Waals surface area contributed by atoms with Gasteiger partial charge in [-0.25, -0.2) is 9.97 Å². The van der Waals surface area contributed by atoms with Gasteiger partial charge in [-0.1, -0.05) is 24.9 Å². The molecule has 2 heterocycles. The monoisotopic (exact) mass is 289 g/mol. The van der Waals surface area contributed by atoms with Crippen LogP contribution in [0.4, 0.5) is 11.8 Å². The highest BCUT2D eigenvalue weighted by molar-refractivity contribution is 6.03. The molecule has 2 aromatic heterocycles. The number of amides is 1. The third-order valence-electron chi connectivity index (χ3n) is 2.85. The number of hydrogen-bond donors (Lipinski definition) is 2. The Bertz CT molecular complexity index is 579. The van der Waals surface area contributed by atoms with Crippen LogP contribution in [0.3, 0.4) is 0 Å². The van der Waals surface area contributed by atoms with Gasteiger partial charge in [0.1, 0.15) is 5.76 Å². The first-order valence-electron chi connectivity index (χ1n) is 6.99. The minimum absolute atomic E-state index is 0.319. The number of unbranched alkanes of at least 4 members (excludes halogenated alkanes) is 2. The van der Waals surface area contributed by atoms with Crippen LogP contribution >= 0.6 is 0 Å². The summed E-state index contributed by atoms with van der Waals surface area (Å²) >= 11 is 0. The van der Waals surface area contributed by atoms with Gasteiger partial charge < -0.3 is 15.2 Å². The second-order valence-corrected chi connectivity index (χ2v) is 4.71. The standard InChI is InChI=1S/C14H19N5O2/c1-3-4-5-6-15-14-16-8-11(9-17-14)13(20)18-12-7-10(2)21-19-12/h7-9H,3-6H2,1-2H3,(H,15,16,17)(H,18,19,20). The zero-order valence-electron chi connectivity index (χ0n) is 12.2. The van der Waals surface area contributed by atoms with E-state index in [0.29, 0.717) is 23.1 Å². The molecule has 0 fully saturated rings. The molecule has 0 bridgehead atoms. The van der Waals surface area contributed by atoms with Crippen LogP contribution in [0.1, 0.15) is 42.3 Å². The fourth-order valence-electron chi connectivity index (χ4n) is 1.73. The average Bonchev–Trinajstić information content (AvgIpc) is 2.89. The summed E-state index contributed by atoms with van der Waals surface area (Å²) in [7, 11) is 0. The molecule has 2 N–H and O–H groups in total. The molecule has 0 spiro atoms. The molecule has 0 atom stereocenters. The number of carbonyl (C=O) groups is 1. The zero-order valence-corrected chi connectivity index (χ0v) is 12.2. The topological polar surface area (TPSA) is 92.9 Å². The minimum Gasteiger partial charge on any atom is -0.360 e. The molecule has 21 heavy (non-hydrogen) atoms. The fraction of sp³-hybridized carbons (Fsp3) is 0.429. The Labute approximate surface area is 123 Å². The number of rotatable bonds is 7. The number of aromatic nitrogens is 3. The quantitative estimate of drug-likeness (QED) is 0.761. The number of nitrogens with one attached hydrogen (secondary N) is 2. The van der Waals surface area contributed by atoms with Gasteiger partial charge in [0, 0.05) is 25.0 Å². The first kappa shape index (κ1) is 15.0. The molecule has 0 saturated carbocycles. The number of nitrogens with zero attached hydrogens (tertiary/aromatic N) is 3. The molecule has 2 rings (SSSR count). The second kappa shape index (κ2) is 7.37. The van der Waals surface area contributed by atoms with Crippen molar-refractivity contribution >= 4 is 17.7 Å². The Kier molecular flexibility index (Phi) is 5.25. The van der Waals surface area contributed by atoms with E-state index in [9.17, 15) is 4.79 Å². The van der Waals surface area contributed by atoms with E-state index in [1.165, 1.54) is 25.2 Å². The van der Waals surface area contributed by atoms with Crippen LogP contribution in [-0.2, 0) is 0 Å². The zero-order chi connectivity index (χ0) is 15.1. The number of carbonyl (C=O) groups excluding carboxylic acids is 1. The van der Waals surface area contributed by atoms with Gasteiger partial charge in [-0.3, -0.25) is 4.79 Å². The summed E-state index contributed by atoms with van der Waals surface area (Å²) < 4.78 is 4.88. The maximum atomic E-state index is 11.9. The fourth-order valence-corrected chi connectivity index (χ4v) is 1.73. The Morgan fingerprint density at radius 3 is 2.67 bits per heavy atom. The van der Waals surface area contributed by atoms with Crippen molar-refractivity contribution in [1.29, 1.82) is 0 Å². The lowest BCUT2D eigenvalue weighted by Crippen LogP contribution is -2.14. The van der Waals surface area contributed by atoms with Gasteiger partial charge >= 0.3 is 0 Å². The molecule has 0 saturated heterocycles. The lowest BCUT2D eigenvalue weighted by molar-refractivity contribution is 0.102. The normalized spacial score (nSPS) is 10.4. The van der Waals surface area contributed by atoms with E-state index in [4.69, 9.17) is 4.52 Å². The Balaban J connectivity index is 1.87. The van der Waals surface area contributed by atoms with E-state index >= 15 is 0 Å². The number of anilines is 2. The smallest absolute Gasteiger partial charge is 0.260 e. The minimum atomic E-state index is -0.319. The maximum absolute atomic E-state index is 11.9. The van der Waals surface area contributed by atoms with Crippen molar-refractivity contribution in [3.8, 4) is 0 Å². The third kappa shape index (κ3) is 4.55. The molecular formula is C14H19N5O2. The van der Waals surface area contributed by atoms with Gasteiger partial charge in [0.15, 0.2) is 5.82 Å². The first-order chi connectivity index (χ1) is 10.2. The summed E-state index contributed by atoms with van der Waals surface area (Å²) in [5, 5.41) is 9.43. The summed E-state index contributed by atoms with van der Waals surface area (Å²) in [4.78, 5) is 20.2. The lowest BCUT2D eigenvalue weighted by Gasteiger charge is -2.05. The van der Waals surface area contributed by atoms with Gasteiger partial charge in [0.05, 0.1) is 5.56 Å². The predicted molar refractivity (Wildman–Crippen MR) is 79.2 cm³/mol. The summed E-state index contributed by atoms with van der Waals surface area (Å²) in [5.74, 6) is 1.22. The van der Waals surface area contributed by atoms with Crippen molar-refractivity contribution in [1.82, 2.24) is 15.1 Å². The molecule has 7 nitrogen and oxygen atoms in total. The molecule has 0 aliphatic heterocycles. The molecule has 0 aliphatic carbocycles. The summed E-state index contributed by atoms with van der Waals surface area (Å²) in [6.45, 7) is 4.74. The van der Waals surface area contributed by atoms with E-state index in [1.54, 1.807) is 13.0 Å². The molecular weight excluding hydrogens is 270 g/mol. The largest absolute Gasteiger partial charge is 0.360 e. The highest BCUT2D eigenvalue weighted by Crippen LogP contribution is 2.09. The van der Waals surface area contributed by atoms with E-state index in [1.807, 2.05) is 0 Å². The highest BCUT2D eigenvalue weighted by Gasteiger charge is 2.10. The SMILES string of the molecule is CCCCCNc1ncc(C(=O)Nc2cc(C)on2)cn1. The van der Waals surface area contributed by atoms with E-state index < -0.39 is 0 Å². The Hall–Kier alpha value is -2.44. The van der Waals surface area contributed by atoms with Crippen molar-refractivity contribution in [2.45, 2.75) is 33.1 Å². The molecule has 2 aromatic rings. The summed E-state index contributed by atoms with van der Waals surface area (Å²) in [6, 6.07) is 1.64. The molecule has 0 aliphatic rings.